The zero-order valence-corrected chi connectivity index (χ0v) is 11.6. The molecule has 0 saturated heterocycles. The van der Waals surface area contributed by atoms with Crippen molar-refractivity contribution in [2.45, 2.75) is 19.9 Å². The average Bonchev–Trinajstić information content (AvgIpc) is 2.83. The summed E-state index contributed by atoms with van der Waals surface area (Å²) < 4.78 is 6.92. The number of amides is 1. The molecule has 2 rings (SSSR count). The molecule has 1 heterocycles. The van der Waals surface area contributed by atoms with Gasteiger partial charge in [-0.1, -0.05) is 0 Å². The number of carbonyl (C=O) groups is 1. The molecule has 6 heteroatoms. The van der Waals surface area contributed by atoms with Gasteiger partial charge in [-0.15, -0.1) is 0 Å². The summed E-state index contributed by atoms with van der Waals surface area (Å²) in [4.78, 5) is 11.9. The molecule has 0 radical (unpaired) electrons. The molecule has 3 N–H and O–H groups in total. The Bertz CT molecular complexity index is 607. The van der Waals surface area contributed by atoms with E-state index in [4.69, 9.17) is 10.5 Å². The van der Waals surface area contributed by atoms with Gasteiger partial charge < -0.3 is 15.8 Å². The molecular formula is C14H18N4O2. The van der Waals surface area contributed by atoms with Crippen molar-refractivity contribution in [3.8, 4) is 5.75 Å². The number of nitrogens with zero attached hydrogens (tertiary/aromatic N) is 2. The fourth-order valence-electron chi connectivity index (χ4n) is 1.84. The Balaban J connectivity index is 1.96. The fraction of sp³-hybridized carbons (Fsp3) is 0.286. The first kappa shape index (κ1) is 13.9. The number of aryl methyl sites for hydroxylation is 2. The number of nitrogen functional groups attached to an aromatic ring is 1. The van der Waals surface area contributed by atoms with Crippen LogP contribution >= 0.6 is 0 Å². The van der Waals surface area contributed by atoms with Crippen LogP contribution in [0.4, 0.5) is 11.4 Å². The van der Waals surface area contributed by atoms with Gasteiger partial charge in [0, 0.05) is 24.8 Å². The maximum absolute atomic E-state index is 11.9. The van der Waals surface area contributed by atoms with Gasteiger partial charge in [-0.25, -0.2) is 0 Å². The van der Waals surface area contributed by atoms with E-state index in [2.05, 4.69) is 10.4 Å². The van der Waals surface area contributed by atoms with Crippen molar-refractivity contribution in [3.63, 3.8) is 0 Å². The molecule has 1 aromatic heterocycles. The number of carbonyl (C=O) groups excluding carboxylic acids is 1. The predicted molar refractivity (Wildman–Crippen MR) is 77.6 cm³/mol. The number of anilines is 2. The number of rotatable bonds is 5. The van der Waals surface area contributed by atoms with Gasteiger partial charge >= 0.3 is 0 Å². The maximum Gasteiger partial charge on any atom is 0.226 e. The molecule has 20 heavy (non-hydrogen) atoms. The third kappa shape index (κ3) is 3.50. The summed E-state index contributed by atoms with van der Waals surface area (Å²) in [7, 11) is 1.55. The monoisotopic (exact) mass is 274 g/mol. The molecule has 2 aromatic rings. The van der Waals surface area contributed by atoms with E-state index in [1.165, 1.54) is 0 Å². The van der Waals surface area contributed by atoms with Crippen LogP contribution in [0.15, 0.2) is 30.6 Å². The van der Waals surface area contributed by atoms with E-state index >= 15 is 0 Å². The number of aromatic nitrogens is 2. The predicted octanol–water partition coefficient (Wildman–Crippen LogP) is 1.81. The van der Waals surface area contributed by atoms with E-state index in [9.17, 15) is 4.79 Å². The lowest BCUT2D eigenvalue weighted by molar-refractivity contribution is -0.116. The van der Waals surface area contributed by atoms with Gasteiger partial charge in [0.15, 0.2) is 0 Å². The van der Waals surface area contributed by atoms with E-state index in [0.29, 0.717) is 30.1 Å². The lowest BCUT2D eigenvalue weighted by Gasteiger charge is -2.10. The van der Waals surface area contributed by atoms with Crippen molar-refractivity contribution in [2.75, 3.05) is 18.2 Å². The highest BCUT2D eigenvalue weighted by Crippen LogP contribution is 2.26. The SMILES string of the molecule is COc1ccc(N)cc1NC(=O)CCn1cc(C)cn1. The normalized spacial score (nSPS) is 10.3. The molecule has 0 unspecified atom stereocenters. The van der Waals surface area contributed by atoms with Gasteiger partial charge in [-0.3, -0.25) is 9.48 Å². The first-order valence-electron chi connectivity index (χ1n) is 6.31. The summed E-state index contributed by atoms with van der Waals surface area (Å²) in [5.41, 5.74) is 7.93. The smallest absolute Gasteiger partial charge is 0.226 e. The van der Waals surface area contributed by atoms with E-state index in [1.54, 1.807) is 36.2 Å². The van der Waals surface area contributed by atoms with Crippen LogP contribution in [0.1, 0.15) is 12.0 Å². The third-order valence-electron chi connectivity index (χ3n) is 2.83. The number of methoxy groups -OCH3 is 1. The Morgan fingerprint density at radius 2 is 2.30 bits per heavy atom. The van der Waals surface area contributed by atoms with Crippen LogP contribution in [-0.4, -0.2) is 22.8 Å². The summed E-state index contributed by atoms with van der Waals surface area (Å²) in [5.74, 6) is 0.476. The van der Waals surface area contributed by atoms with Crippen molar-refractivity contribution >= 4 is 17.3 Å². The third-order valence-corrected chi connectivity index (χ3v) is 2.83. The van der Waals surface area contributed by atoms with Gasteiger partial charge in [0.05, 0.1) is 19.0 Å². The number of ether oxygens (including phenoxy) is 1. The molecule has 6 nitrogen and oxygen atoms in total. The highest BCUT2D eigenvalue weighted by atomic mass is 16.5. The molecule has 0 atom stereocenters. The van der Waals surface area contributed by atoms with Crippen molar-refractivity contribution in [1.82, 2.24) is 9.78 Å². The van der Waals surface area contributed by atoms with Crippen LogP contribution in [-0.2, 0) is 11.3 Å². The van der Waals surface area contributed by atoms with Gasteiger partial charge in [-0.2, -0.15) is 5.10 Å². The highest BCUT2D eigenvalue weighted by molar-refractivity contribution is 5.92. The molecule has 0 fully saturated rings. The molecule has 0 bridgehead atoms. The van der Waals surface area contributed by atoms with Crippen LogP contribution in [0, 0.1) is 6.92 Å². The fourth-order valence-corrected chi connectivity index (χ4v) is 1.84. The number of nitrogens with two attached hydrogens (primary N) is 1. The zero-order chi connectivity index (χ0) is 14.5. The summed E-state index contributed by atoms with van der Waals surface area (Å²) in [6, 6.07) is 5.12. The van der Waals surface area contributed by atoms with Crippen molar-refractivity contribution in [2.24, 2.45) is 0 Å². The van der Waals surface area contributed by atoms with Gasteiger partial charge in [0.25, 0.3) is 0 Å². The van der Waals surface area contributed by atoms with Gasteiger partial charge in [0.2, 0.25) is 5.91 Å². The van der Waals surface area contributed by atoms with Crippen molar-refractivity contribution < 1.29 is 9.53 Å². The summed E-state index contributed by atoms with van der Waals surface area (Å²) in [6.07, 6.45) is 3.99. The van der Waals surface area contributed by atoms with Crippen LogP contribution < -0.4 is 15.8 Å². The second-order valence-electron chi connectivity index (χ2n) is 4.54. The topological polar surface area (TPSA) is 82.2 Å². The van der Waals surface area contributed by atoms with Crippen LogP contribution in [0.2, 0.25) is 0 Å². The van der Waals surface area contributed by atoms with E-state index in [0.717, 1.165) is 5.56 Å². The Kier molecular flexibility index (Phi) is 4.24. The zero-order valence-electron chi connectivity index (χ0n) is 11.6. The summed E-state index contributed by atoms with van der Waals surface area (Å²) >= 11 is 0. The van der Waals surface area contributed by atoms with Crippen molar-refractivity contribution in [3.05, 3.63) is 36.2 Å². The molecule has 1 amide bonds. The second-order valence-corrected chi connectivity index (χ2v) is 4.54. The Morgan fingerprint density at radius 3 is 2.95 bits per heavy atom. The Morgan fingerprint density at radius 1 is 1.50 bits per heavy atom. The van der Waals surface area contributed by atoms with Gasteiger partial charge in [-0.05, 0) is 30.7 Å². The second kappa shape index (κ2) is 6.10. The van der Waals surface area contributed by atoms with Crippen LogP contribution in [0.5, 0.6) is 5.75 Å². The Labute approximate surface area is 117 Å². The Hall–Kier alpha value is -2.50. The van der Waals surface area contributed by atoms with E-state index in [-0.39, 0.29) is 5.91 Å². The lowest BCUT2D eigenvalue weighted by Crippen LogP contribution is -2.15. The standard InChI is InChI=1S/C14H18N4O2/c1-10-8-16-18(9-10)6-5-14(19)17-12-7-11(15)3-4-13(12)20-2/h3-4,7-9H,5-6,15H2,1-2H3,(H,17,19). The van der Waals surface area contributed by atoms with Crippen LogP contribution in [0.3, 0.4) is 0 Å². The van der Waals surface area contributed by atoms with E-state index in [1.807, 2.05) is 13.1 Å². The highest BCUT2D eigenvalue weighted by Gasteiger charge is 2.08. The summed E-state index contributed by atoms with van der Waals surface area (Å²) in [6.45, 7) is 2.49. The molecule has 106 valence electrons. The molecule has 0 aliphatic heterocycles. The average molecular weight is 274 g/mol. The van der Waals surface area contributed by atoms with E-state index < -0.39 is 0 Å². The number of hydrogen-bond acceptors (Lipinski definition) is 4. The summed E-state index contributed by atoms with van der Waals surface area (Å²) in [5, 5.41) is 6.93. The minimum atomic E-state index is -0.109. The van der Waals surface area contributed by atoms with Crippen molar-refractivity contribution in [1.29, 1.82) is 0 Å². The molecule has 0 saturated carbocycles. The first-order valence-corrected chi connectivity index (χ1v) is 6.31. The van der Waals surface area contributed by atoms with Crippen LogP contribution in [0.25, 0.3) is 0 Å². The molecular weight excluding hydrogens is 256 g/mol. The number of hydrogen-bond donors (Lipinski definition) is 2. The maximum atomic E-state index is 11.9. The molecule has 0 aliphatic rings. The molecule has 0 aliphatic carbocycles. The minimum absolute atomic E-state index is 0.109. The molecule has 0 spiro atoms. The molecule has 1 aromatic carbocycles. The quantitative estimate of drug-likeness (QED) is 0.815. The number of nitrogens with one attached hydrogen (secondary N) is 1. The van der Waals surface area contributed by atoms with Gasteiger partial charge in [0.1, 0.15) is 5.75 Å². The lowest BCUT2D eigenvalue weighted by atomic mass is 10.2. The number of benzene rings is 1. The minimum Gasteiger partial charge on any atom is -0.495 e. The largest absolute Gasteiger partial charge is 0.495 e. The first-order chi connectivity index (χ1) is 9.58.